The van der Waals surface area contributed by atoms with Crippen LogP contribution in [0.15, 0.2) is 29.6 Å². The molecule has 1 atom stereocenters. The van der Waals surface area contributed by atoms with Crippen LogP contribution >= 0.6 is 11.3 Å². The van der Waals surface area contributed by atoms with Crippen molar-refractivity contribution in [3.8, 4) is 11.3 Å². The Morgan fingerprint density at radius 3 is 2.74 bits per heavy atom. The molecule has 1 unspecified atom stereocenters. The number of rotatable bonds is 6. The number of nitrogens with one attached hydrogen (secondary N) is 1. The van der Waals surface area contributed by atoms with E-state index in [1.807, 2.05) is 18.4 Å². The van der Waals surface area contributed by atoms with Crippen molar-refractivity contribution in [2.75, 3.05) is 13.7 Å². The van der Waals surface area contributed by atoms with Crippen molar-refractivity contribution in [2.24, 2.45) is 0 Å². The summed E-state index contributed by atoms with van der Waals surface area (Å²) < 4.78 is 4.90. The van der Waals surface area contributed by atoms with Crippen LogP contribution in [0.4, 0.5) is 0 Å². The van der Waals surface area contributed by atoms with Crippen molar-refractivity contribution in [3.63, 3.8) is 0 Å². The van der Waals surface area contributed by atoms with Crippen LogP contribution in [0, 0.1) is 6.92 Å². The number of thiazole rings is 1. The van der Waals surface area contributed by atoms with E-state index < -0.39 is 17.4 Å². The third-order valence-corrected chi connectivity index (χ3v) is 4.11. The number of nitrogens with zero attached hydrogens (tertiary/aromatic N) is 1. The van der Waals surface area contributed by atoms with E-state index in [2.05, 4.69) is 10.3 Å². The molecule has 0 aliphatic carbocycles. The molecule has 0 spiro atoms. The Kier molecular flexibility index (Phi) is 5.12. The first-order valence-corrected chi connectivity index (χ1v) is 7.81. The highest BCUT2D eigenvalue weighted by Crippen LogP contribution is 2.22. The van der Waals surface area contributed by atoms with Crippen LogP contribution < -0.4 is 5.32 Å². The number of aryl methyl sites for hydroxylation is 1. The topological polar surface area (TPSA) is 88.5 Å². The minimum atomic E-state index is -1.49. The number of carboxylic acid groups (broad SMARTS) is 1. The standard InChI is InChI=1S/C16H18N2O4S/c1-10-17-13(8-23-10)11-5-4-6-12(7-11)14(19)18-16(2,9-22-3)15(20)21/h4-8H,9H2,1-3H3,(H,18,19)(H,20,21). The van der Waals surface area contributed by atoms with Gasteiger partial charge in [-0.25, -0.2) is 9.78 Å². The summed E-state index contributed by atoms with van der Waals surface area (Å²) in [7, 11) is 1.39. The average molecular weight is 334 g/mol. The van der Waals surface area contributed by atoms with Gasteiger partial charge in [0.25, 0.3) is 5.91 Å². The Hall–Kier alpha value is -2.25. The van der Waals surface area contributed by atoms with E-state index in [4.69, 9.17) is 4.74 Å². The zero-order valence-electron chi connectivity index (χ0n) is 13.1. The fourth-order valence-corrected chi connectivity index (χ4v) is 2.70. The van der Waals surface area contributed by atoms with Crippen molar-refractivity contribution in [3.05, 3.63) is 40.2 Å². The summed E-state index contributed by atoms with van der Waals surface area (Å²) in [6.07, 6.45) is 0. The number of hydrogen-bond acceptors (Lipinski definition) is 5. The van der Waals surface area contributed by atoms with E-state index in [1.165, 1.54) is 25.4 Å². The zero-order chi connectivity index (χ0) is 17.0. The highest BCUT2D eigenvalue weighted by Gasteiger charge is 2.35. The lowest BCUT2D eigenvalue weighted by Gasteiger charge is -2.25. The van der Waals surface area contributed by atoms with Crippen molar-refractivity contribution >= 4 is 23.2 Å². The number of benzene rings is 1. The molecule has 7 heteroatoms. The van der Waals surface area contributed by atoms with Crippen molar-refractivity contribution in [1.29, 1.82) is 0 Å². The summed E-state index contributed by atoms with van der Waals surface area (Å²) in [6.45, 7) is 3.19. The summed E-state index contributed by atoms with van der Waals surface area (Å²) >= 11 is 1.53. The summed E-state index contributed by atoms with van der Waals surface area (Å²) in [5.41, 5.74) is 0.488. The van der Waals surface area contributed by atoms with E-state index in [1.54, 1.807) is 18.2 Å². The van der Waals surface area contributed by atoms with Crippen LogP contribution in [0.25, 0.3) is 11.3 Å². The molecule has 0 aliphatic rings. The fraction of sp³-hybridized carbons (Fsp3) is 0.312. The third-order valence-electron chi connectivity index (χ3n) is 3.33. The molecule has 0 aliphatic heterocycles. The van der Waals surface area contributed by atoms with Crippen LogP contribution in [0.5, 0.6) is 0 Å². The predicted octanol–water partition coefficient (Wildman–Crippen LogP) is 2.34. The first-order valence-electron chi connectivity index (χ1n) is 6.93. The minimum Gasteiger partial charge on any atom is -0.479 e. The molecule has 2 rings (SSSR count). The first kappa shape index (κ1) is 17.1. The third kappa shape index (κ3) is 3.94. The molecule has 2 aromatic rings. The van der Waals surface area contributed by atoms with Gasteiger partial charge in [-0.15, -0.1) is 11.3 Å². The van der Waals surface area contributed by atoms with Gasteiger partial charge in [0.2, 0.25) is 0 Å². The molecule has 0 saturated heterocycles. The lowest BCUT2D eigenvalue weighted by Crippen LogP contribution is -2.55. The van der Waals surface area contributed by atoms with Gasteiger partial charge in [-0.2, -0.15) is 0 Å². The second-order valence-corrected chi connectivity index (χ2v) is 6.42. The quantitative estimate of drug-likeness (QED) is 0.846. The number of hydrogen-bond donors (Lipinski definition) is 2. The number of carbonyl (C=O) groups is 2. The SMILES string of the molecule is COCC(C)(NC(=O)c1cccc(-c2csc(C)n2)c1)C(=O)O. The van der Waals surface area contributed by atoms with E-state index in [9.17, 15) is 14.7 Å². The second kappa shape index (κ2) is 6.89. The molecule has 0 saturated carbocycles. The molecular weight excluding hydrogens is 316 g/mol. The van der Waals surface area contributed by atoms with Crippen molar-refractivity contribution < 1.29 is 19.4 Å². The Bertz CT molecular complexity index is 728. The minimum absolute atomic E-state index is 0.126. The number of methoxy groups -OCH3 is 1. The molecule has 1 aromatic heterocycles. The van der Waals surface area contributed by atoms with Crippen LogP contribution in [0.2, 0.25) is 0 Å². The molecule has 1 amide bonds. The van der Waals surface area contributed by atoms with E-state index in [0.717, 1.165) is 16.3 Å². The normalized spacial score (nSPS) is 13.3. The monoisotopic (exact) mass is 334 g/mol. The Morgan fingerprint density at radius 2 is 2.17 bits per heavy atom. The summed E-state index contributed by atoms with van der Waals surface area (Å²) in [6, 6.07) is 6.93. The molecule has 2 N–H and O–H groups in total. The van der Waals surface area contributed by atoms with E-state index >= 15 is 0 Å². The Morgan fingerprint density at radius 1 is 1.43 bits per heavy atom. The molecule has 1 heterocycles. The number of carbonyl (C=O) groups excluding carboxylic acids is 1. The van der Waals surface area contributed by atoms with Gasteiger partial charge in [0.15, 0.2) is 5.54 Å². The van der Waals surface area contributed by atoms with Crippen LogP contribution in [-0.4, -0.2) is 41.2 Å². The second-order valence-electron chi connectivity index (χ2n) is 5.36. The van der Waals surface area contributed by atoms with Gasteiger partial charge >= 0.3 is 5.97 Å². The first-order chi connectivity index (χ1) is 10.9. The smallest absolute Gasteiger partial charge is 0.331 e. The average Bonchev–Trinajstić information content (AvgIpc) is 2.94. The highest BCUT2D eigenvalue weighted by molar-refractivity contribution is 7.09. The van der Waals surface area contributed by atoms with Gasteiger partial charge in [0.1, 0.15) is 0 Å². The number of amides is 1. The predicted molar refractivity (Wildman–Crippen MR) is 87.7 cm³/mol. The van der Waals surface area contributed by atoms with Gasteiger partial charge in [-0.3, -0.25) is 4.79 Å². The number of aliphatic carboxylic acids is 1. The molecule has 0 radical (unpaired) electrons. The van der Waals surface area contributed by atoms with E-state index in [-0.39, 0.29) is 6.61 Å². The number of aromatic nitrogens is 1. The molecule has 0 fully saturated rings. The van der Waals surface area contributed by atoms with Crippen molar-refractivity contribution in [2.45, 2.75) is 19.4 Å². The maximum Gasteiger partial charge on any atom is 0.331 e. The van der Waals surface area contributed by atoms with Gasteiger partial charge in [-0.1, -0.05) is 12.1 Å². The highest BCUT2D eigenvalue weighted by atomic mass is 32.1. The molecule has 1 aromatic carbocycles. The maximum atomic E-state index is 12.4. The fourth-order valence-electron chi connectivity index (χ4n) is 2.08. The lowest BCUT2D eigenvalue weighted by molar-refractivity contribution is -0.145. The van der Waals surface area contributed by atoms with Gasteiger partial charge in [0.05, 0.1) is 17.3 Å². The zero-order valence-corrected chi connectivity index (χ0v) is 13.9. The number of ether oxygens (including phenoxy) is 1. The summed E-state index contributed by atoms with van der Waals surface area (Å²) in [5.74, 6) is -1.63. The Balaban J connectivity index is 2.24. The Labute approximate surface area is 138 Å². The lowest BCUT2D eigenvalue weighted by atomic mass is 10.0. The largest absolute Gasteiger partial charge is 0.479 e. The van der Waals surface area contributed by atoms with Crippen molar-refractivity contribution in [1.82, 2.24) is 10.3 Å². The van der Waals surface area contributed by atoms with Gasteiger partial charge in [-0.05, 0) is 26.0 Å². The van der Waals surface area contributed by atoms with Gasteiger partial charge in [0, 0.05) is 23.6 Å². The van der Waals surface area contributed by atoms with Crippen LogP contribution in [0.1, 0.15) is 22.3 Å². The molecule has 23 heavy (non-hydrogen) atoms. The summed E-state index contributed by atoms with van der Waals surface area (Å²) in [4.78, 5) is 28.1. The molecular formula is C16H18N2O4S. The molecule has 6 nitrogen and oxygen atoms in total. The maximum absolute atomic E-state index is 12.4. The summed E-state index contributed by atoms with van der Waals surface area (Å²) in [5, 5.41) is 14.7. The van der Waals surface area contributed by atoms with Crippen LogP contribution in [0.3, 0.4) is 0 Å². The van der Waals surface area contributed by atoms with Crippen LogP contribution in [-0.2, 0) is 9.53 Å². The van der Waals surface area contributed by atoms with E-state index in [0.29, 0.717) is 5.56 Å². The number of carboxylic acids is 1. The molecule has 122 valence electrons. The molecule has 0 bridgehead atoms. The van der Waals surface area contributed by atoms with Gasteiger partial charge < -0.3 is 15.2 Å².